The van der Waals surface area contributed by atoms with Gasteiger partial charge in [0, 0.05) is 12.0 Å². The molecule has 0 bridgehead atoms. The van der Waals surface area contributed by atoms with Gasteiger partial charge in [0.15, 0.2) is 0 Å². The number of rotatable bonds is 8. The van der Waals surface area contributed by atoms with E-state index >= 15 is 0 Å². The van der Waals surface area contributed by atoms with Crippen LogP contribution in [0.1, 0.15) is 36.6 Å². The van der Waals surface area contributed by atoms with Gasteiger partial charge in [-0.2, -0.15) is 0 Å². The summed E-state index contributed by atoms with van der Waals surface area (Å²) >= 11 is 0. The summed E-state index contributed by atoms with van der Waals surface area (Å²) in [6, 6.07) is 16.2. The zero-order valence-corrected chi connectivity index (χ0v) is 17.9. The van der Waals surface area contributed by atoms with Crippen molar-refractivity contribution >= 4 is 17.8 Å². The molecular weight excluding hydrogens is 408 g/mol. The summed E-state index contributed by atoms with van der Waals surface area (Å²) < 4.78 is 10.8. The van der Waals surface area contributed by atoms with Crippen LogP contribution in [-0.2, 0) is 19.1 Å². The molecule has 0 radical (unpaired) electrons. The minimum atomic E-state index is -0.482. The molecule has 0 aliphatic carbocycles. The third kappa shape index (κ3) is 4.37. The molecule has 2 aliphatic heterocycles. The van der Waals surface area contributed by atoms with Crippen LogP contribution in [-0.4, -0.2) is 31.0 Å². The van der Waals surface area contributed by atoms with Gasteiger partial charge >= 0.3 is 5.97 Å². The van der Waals surface area contributed by atoms with Gasteiger partial charge in [-0.15, -0.1) is 0 Å². The highest BCUT2D eigenvalue weighted by Crippen LogP contribution is 2.45. The molecule has 166 valence electrons. The van der Waals surface area contributed by atoms with Gasteiger partial charge in [0.05, 0.1) is 37.1 Å². The molecule has 2 amide bonds. The zero-order chi connectivity index (χ0) is 22.7. The second-order valence-electron chi connectivity index (χ2n) is 8.13. The Bertz CT molecular complexity index is 1030. The smallest absolute Gasteiger partial charge is 0.333 e. The van der Waals surface area contributed by atoms with Crippen LogP contribution in [0, 0.1) is 11.8 Å². The highest BCUT2D eigenvalue weighted by Gasteiger charge is 2.55. The van der Waals surface area contributed by atoms with E-state index in [-0.39, 0.29) is 24.5 Å². The van der Waals surface area contributed by atoms with Crippen LogP contribution >= 0.6 is 0 Å². The summed E-state index contributed by atoms with van der Waals surface area (Å²) in [5.74, 6) is -0.977. The lowest BCUT2D eigenvalue weighted by Gasteiger charge is -2.17. The third-order valence-electron chi connectivity index (χ3n) is 5.82. The van der Waals surface area contributed by atoms with Crippen molar-refractivity contribution in [2.75, 3.05) is 13.2 Å². The van der Waals surface area contributed by atoms with Crippen LogP contribution in [0.5, 0.6) is 5.75 Å². The number of benzene rings is 2. The van der Waals surface area contributed by atoms with E-state index in [0.29, 0.717) is 24.4 Å². The molecule has 32 heavy (non-hydrogen) atoms. The number of carbonyl (C=O) groups is 3. The molecule has 2 fully saturated rings. The van der Waals surface area contributed by atoms with Crippen LogP contribution in [0.2, 0.25) is 0 Å². The molecule has 0 spiro atoms. The standard InChI is InChI=1S/C25H26N2O5/c1-15(2)25(30)32-13-7-12-31-18-11-6-10-17(14-18)22-20-19(23(28)27-22)21(26-24(20)29)16-8-4-3-5-9-16/h3-6,8-11,14,19-22H,1,7,12-13H2,2H3,(H,26,29)(H,27,28). The normalized spacial score (nSPS) is 23.8. The molecule has 4 unspecified atom stereocenters. The summed E-state index contributed by atoms with van der Waals surface area (Å²) in [5, 5.41) is 6.01. The molecular formula is C25H26N2O5. The van der Waals surface area contributed by atoms with Crippen LogP contribution in [0.25, 0.3) is 0 Å². The highest BCUT2D eigenvalue weighted by molar-refractivity contribution is 5.96. The molecule has 2 aliphatic rings. The highest BCUT2D eigenvalue weighted by atomic mass is 16.5. The Kier molecular flexibility index (Phi) is 6.25. The number of esters is 1. The zero-order valence-electron chi connectivity index (χ0n) is 17.9. The Morgan fingerprint density at radius 1 is 0.906 bits per heavy atom. The maximum atomic E-state index is 12.8. The van der Waals surface area contributed by atoms with Crippen molar-refractivity contribution in [1.29, 1.82) is 0 Å². The molecule has 2 aromatic rings. The van der Waals surface area contributed by atoms with E-state index < -0.39 is 23.8 Å². The van der Waals surface area contributed by atoms with Crippen molar-refractivity contribution in [3.63, 3.8) is 0 Å². The van der Waals surface area contributed by atoms with Crippen molar-refractivity contribution < 1.29 is 23.9 Å². The van der Waals surface area contributed by atoms with Crippen molar-refractivity contribution in [3.8, 4) is 5.75 Å². The summed E-state index contributed by atoms with van der Waals surface area (Å²) in [6.07, 6.45) is 0.537. The van der Waals surface area contributed by atoms with Crippen LogP contribution < -0.4 is 15.4 Å². The fraction of sp³-hybridized carbons (Fsp3) is 0.320. The average molecular weight is 434 g/mol. The van der Waals surface area contributed by atoms with Crippen molar-refractivity contribution in [2.24, 2.45) is 11.8 Å². The molecule has 0 saturated carbocycles. The largest absolute Gasteiger partial charge is 0.493 e. The molecule has 2 aromatic carbocycles. The molecule has 4 atom stereocenters. The van der Waals surface area contributed by atoms with Crippen molar-refractivity contribution in [1.82, 2.24) is 10.6 Å². The van der Waals surface area contributed by atoms with E-state index in [1.165, 1.54) is 0 Å². The van der Waals surface area contributed by atoms with Gasteiger partial charge in [-0.3, -0.25) is 9.59 Å². The number of nitrogens with one attached hydrogen (secondary N) is 2. The quantitative estimate of drug-likeness (QED) is 0.379. The van der Waals surface area contributed by atoms with E-state index in [1.54, 1.807) is 6.92 Å². The predicted molar refractivity (Wildman–Crippen MR) is 118 cm³/mol. The Balaban J connectivity index is 1.41. The molecule has 2 heterocycles. The maximum Gasteiger partial charge on any atom is 0.333 e. The van der Waals surface area contributed by atoms with Gasteiger partial charge < -0.3 is 20.1 Å². The number of amides is 2. The van der Waals surface area contributed by atoms with E-state index in [9.17, 15) is 14.4 Å². The fourth-order valence-electron chi connectivity index (χ4n) is 4.30. The first-order valence-corrected chi connectivity index (χ1v) is 10.7. The lowest BCUT2D eigenvalue weighted by atomic mass is 9.84. The van der Waals surface area contributed by atoms with Gasteiger partial charge in [-0.1, -0.05) is 49.0 Å². The Hall–Kier alpha value is -3.61. The molecule has 2 N–H and O–H groups in total. The molecule has 7 heteroatoms. The topological polar surface area (TPSA) is 93.7 Å². The van der Waals surface area contributed by atoms with Crippen LogP contribution in [0.4, 0.5) is 0 Å². The van der Waals surface area contributed by atoms with E-state index in [2.05, 4.69) is 17.2 Å². The average Bonchev–Trinajstić information content (AvgIpc) is 3.32. The Morgan fingerprint density at radius 2 is 1.53 bits per heavy atom. The maximum absolute atomic E-state index is 12.8. The minimum absolute atomic E-state index is 0.127. The number of carbonyl (C=O) groups excluding carboxylic acids is 3. The van der Waals surface area contributed by atoms with E-state index in [0.717, 1.165) is 11.1 Å². The molecule has 0 aromatic heterocycles. The third-order valence-corrected chi connectivity index (χ3v) is 5.82. The van der Waals surface area contributed by atoms with Crippen LogP contribution in [0.3, 0.4) is 0 Å². The number of fused-ring (bicyclic) bond motifs is 1. The van der Waals surface area contributed by atoms with Gasteiger partial charge in [0.1, 0.15) is 5.75 Å². The number of hydrogen-bond acceptors (Lipinski definition) is 5. The number of hydrogen-bond donors (Lipinski definition) is 2. The lowest BCUT2D eigenvalue weighted by molar-refractivity contribution is -0.139. The van der Waals surface area contributed by atoms with Crippen LogP contribution in [0.15, 0.2) is 66.7 Å². The summed E-state index contributed by atoms with van der Waals surface area (Å²) in [7, 11) is 0. The second kappa shape index (κ2) is 9.26. The second-order valence-corrected chi connectivity index (χ2v) is 8.13. The first kappa shape index (κ1) is 21.6. The Labute approximate surface area is 186 Å². The summed E-state index contributed by atoms with van der Waals surface area (Å²) in [6.45, 7) is 5.75. The summed E-state index contributed by atoms with van der Waals surface area (Å²) in [5.41, 5.74) is 2.11. The first-order valence-electron chi connectivity index (χ1n) is 10.7. The first-order chi connectivity index (χ1) is 15.5. The van der Waals surface area contributed by atoms with Gasteiger partial charge in [-0.25, -0.2) is 4.79 Å². The van der Waals surface area contributed by atoms with Gasteiger partial charge in [0.2, 0.25) is 11.8 Å². The van der Waals surface area contributed by atoms with E-state index in [4.69, 9.17) is 9.47 Å². The number of ether oxygens (including phenoxy) is 2. The molecule has 7 nitrogen and oxygen atoms in total. The van der Waals surface area contributed by atoms with Gasteiger partial charge in [0.25, 0.3) is 0 Å². The minimum Gasteiger partial charge on any atom is -0.493 e. The monoisotopic (exact) mass is 434 g/mol. The SMILES string of the molecule is C=C(C)C(=O)OCCCOc1cccc(C2NC(=O)C3C(c4ccccc4)NC(=O)C23)c1. The predicted octanol–water partition coefficient (Wildman–Crippen LogP) is 2.85. The lowest BCUT2D eigenvalue weighted by Crippen LogP contribution is -2.32. The molecule has 2 saturated heterocycles. The molecule has 4 rings (SSSR count). The van der Waals surface area contributed by atoms with Crippen molar-refractivity contribution in [2.45, 2.75) is 25.4 Å². The van der Waals surface area contributed by atoms with E-state index in [1.807, 2.05) is 54.6 Å². The summed E-state index contributed by atoms with van der Waals surface area (Å²) in [4.78, 5) is 37.0. The van der Waals surface area contributed by atoms with Gasteiger partial charge in [-0.05, 0) is 30.2 Å². The fourth-order valence-corrected chi connectivity index (χ4v) is 4.30. The Morgan fingerprint density at radius 3 is 2.19 bits per heavy atom. The van der Waals surface area contributed by atoms with Crippen molar-refractivity contribution in [3.05, 3.63) is 77.9 Å².